The first kappa shape index (κ1) is 15.7. The van der Waals surface area contributed by atoms with Gasteiger partial charge in [-0.15, -0.1) is 0 Å². The number of hydrogen-bond acceptors (Lipinski definition) is 2. The van der Waals surface area contributed by atoms with E-state index in [-0.39, 0.29) is 0 Å². The molecule has 1 saturated heterocycles. The number of rotatable bonds is 5. The number of piperidine rings is 1. The fourth-order valence-corrected chi connectivity index (χ4v) is 4.49. The Bertz CT molecular complexity index is 751. The van der Waals surface area contributed by atoms with Crippen LogP contribution in [0.4, 0.5) is 0 Å². The van der Waals surface area contributed by atoms with E-state index in [0.717, 1.165) is 24.0 Å². The fraction of sp³-hybridized carbons (Fsp3) is 0.455. The van der Waals surface area contributed by atoms with Gasteiger partial charge in [0.1, 0.15) is 5.75 Å². The zero-order valence-corrected chi connectivity index (χ0v) is 14.7. The lowest BCUT2D eigenvalue weighted by Gasteiger charge is -2.46. The Morgan fingerprint density at radius 2 is 1.92 bits per heavy atom. The van der Waals surface area contributed by atoms with Crippen molar-refractivity contribution in [1.29, 1.82) is 0 Å². The summed E-state index contributed by atoms with van der Waals surface area (Å²) in [5.41, 5.74) is 1.44. The van der Waals surface area contributed by atoms with Crippen molar-refractivity contribution in [3.63, 3.8) is 0 Å². The summed E-state index contributed by atoms with van der Waals surface area (Å²) in [6.45, 7) is 4.76. The van der Waals surface area contributed by atoms with Gasteiger partial charge in [-0.25, -0.2) is 0 Å². The third-order valence-corrected chi connectivity index (χ3v) is 5.88. The van der Waals surface area contributed by atoms with E-state index in [9.17, 15) is 0 Å². The molecule has 2 aliphatic heterocycles. The summed E-state index contributed by atoms with van der Waals surface area (Å²) in [4.78, 5) is 2.71. The molecule has 2 bridgehead atoms. The number of nitrogens with zero attached hydrogens (tertiary/aromatic N) is 1. The largest absolute Gasteiger partial charge is 0.497 e. The van der Waals surface area contributed by atoms with Crippen LogP contribution in [0.15, 0.2) is 48.6 Å². The third-order valence-electron chi connectivity index (χ3n) is 5.88. The average molecular weight is 321 g/mol. The lowest BCUT2D eigenvalue weighted by Crippen LogP contribution is -2.50. The van der Waals surface area contributed by atoms with Crippen molar-refractivity contribution in [1.82, 2.24) is 4.90 Å². The van der Waals surface area contributed by atoms with Crippen LogP contribution >= 0.6 is 0 Å². The van der Waals surface area contributed by atoms with Gasteiger partial charge >= 0.3 is 0 Å². The zero-order valence-electron chi connectivity index (χ0n) is 14.7. The number of hydrogen-bond donors (Lipinski definition) is 0. The molecule has 2 heteroatoms. The van der Waals surface area contributed by atoms with E-state index in [0.29, 0.717) is 6.04 Å². The molecule has 2 heterocycles. The van der Waals surface area contributed by atoms with Crippen molar-refractivity contribution in [2.24, 2.45) is 11.8 Å². The standard InChI is InChI=1S/C22H27NO/c1-3-18-13-17-5-9-22(18)23(15-17)11-10-16-4-6-20-14-21(24-2)8-7-19(20)12-16/h4-9,12,14,17-18,22H,3,10-11,13,15H2,1-2H3. The maximum atomic E-state index is 5.32. The monoisotopic (exact) mass is 321 g/mol. The number of fused-ring (bicyclic) bond motifs is 3. The molecule has 2 nitrogen and oxygen atoms in total. The Morgan fingerprint density at radius 1 is 1.08 bits per heavy atom. The van der Waals surface area contributed by atoms with Crippen LogP contribution < -0.4 is 4.74 Å². The van der Waals surface area contributed by atoms with E-state index in [2.05, 4.69) is 54.3 Å². The minimum Gasteiger partial charge on any atom is -0.497 e. The lowest BCUT2D eigenvalue weighted by atomic mass is 9.76. The van der Waals surface area contributed by atoms with Crippen LogP contribution in [-0.4, -0.2) is 31.1 Å². The average Bonchev–Trinajstić information content (AvgIpc) is 2.66. The molecular weight excluding hydrogens is 294 g/mol. The lowest BCUT2D eigenvalue weighted by molar-refractivity contribution is 0.0826. The minimum absolute atomic E-state index is 0.671. The molecule has 5 rings (SSSR count). The number of methoxy groups -OCH3 is 1. The Labute approximate surface area is 145 Å². The topological polar surface area (TPSA) is 12.5 Å². The van der Waals surface area contributed by atoms with Crippen LogP contribution in [0.3, 0.4) is 0 Å². The summed E-state index contributed by atoms with van der Waals surface area (Å²) in [7, 11) is 1.72. The van der Waals surface area contributed by atoms with Crippen molar-refractivity contribution in [3.05, 3.63) is 54.1 Å². The van der Waals surface area contributed by atoms with Gasteiger partial charge in [0, 0.05) is 19.1 Å². The highest BCUT2D eigenvalue weighted by atomic mass is 16.5. The van der Waals surface area contributed by atoms with Gasteiger partial charge in [-0.05, 0) is 53.1 Å². The van der Waals surface area contributed by atoms with Crippen LogP contribution in [-0.2, 0) is 6.42 Å². The number of benzene rings is 2. The van der Waals surface area contributed by atoms with Crippen molar-refractivity contribution in [3.8, 4) is 5.75 Å². The molecule has 0 radical (unpaired) electrons. The molecule has 2 aromatic carbocycles. The number of ether oxygens (including phenoxy) is 1. The Morgan fingerprint density at radius 3 is 2.71 bits per heavy atom. The van der Waals surface area contributed by atoms with E-state index in [1.807, 2.05) is 6.07 Å². The Kier molecular flexibility index (Phi) is 4.32. The molecule has 0 saturated carbocycles. The highest BCUT2D eigenvalue weighted by Crippen LogP contribution is 2.36. The maximum Gasteiger partial charge on any atom is 0.119 e. The molecule has 1 fully saturated rings. The molecule has 24 heavy (non-hydrogen) atoms. The summed E-state index contributed by atoms with van der Waals surface area (Å²) in [5.74, 6) is 2.57. The second kappa shape index (κ2) is 6.60. The van der Waals surface area contributed by atoms with E-state index in [4.69, 9.17) is 4.74 Å². The van der Waals surface area contributed by atoms with Gasteiger partial charge in [0.2, 0.25) is 0 Å². The van der Waals surface area contributed by atoms with Crippen molar-refractivity contribution < 1.29 is 4.74 Å². The quantitative estimate of drug-likeness (QED) is 0.742. The van der Waals surface area contributed by atoms with E-state index in [1.165, 1.54) is 42.3 Å². The van der Waals surface area contributed by atoms with Crippen molar-refractivity contribution in [2.45, 2.75) is 32.2 Å². The normalized spacial score (nSPS) is 26.2. The van der Waals surface area contributed by atoms with Crippen LogP contribution in [0.25, 0.3) is 10.8 Å². The van der Waals surface area contributed by atoms with Crippen LogP contribution in [0.1, 0.15) is 25.3 Å². The fourth-order valence-electron chi connectivity index (χ4n) is 4.49. The molecule has 0 amide bonds. The summed E-state index contributed by atoms with van der Waals surface area (Å²) in [6.07, 6.45) is 8.76. The molecule has 0 spiro atoms. The highest BCUT2D eigenvalue weighted by Gasteiger charge is 2.35. The van der Waals surface area contributed by atoms with E-state index >= 15 is 0 Å². The molecule has 0 N–H and O–H groups in total. The Balaban J connectivity index is 1.46. The Hall–Kier alpha value is -1.80. The minimum atomic E-state index is 0.671. The van der Waals surface area contributed by atoms with Crippen LogP contribution in [0, 0.1) is 11.8 Å². The smallest absolute Gasteiger partial charge is 0.119 e. The predicted octanol–water partition coefficient (Wildman–Crippen LogP) is 4.68. The molecule has 3 atom stereocenters. The van der Waals surface area contributed by atoms with Crippen molar-refractivity contribution in [2.75, 3.05) is 20.2 Å². The summed E-state index contributed by atoms with van der Waals surface area (Å²) in [5, 5.41) is 2.56. The molecule has 3 unspecified atom stereocenters. The summed E-state index contributed by atoms with van der Waals surface area (Å²) in [6, 6.07) is 13.8. The third kappa shape index (κ3) is 2.95. The first-order valence-corrected chi connectivity index (χ1v) is 9.26. The van der Waals surface area contributed by atoms with Gasteiger partial charge in [-0.3, -0.25) is 4.90 Å². The molecule has 1 aliphatic carbocycles. The highest BCUT2D eigenvalue weighted by molar-refractivity contribution is 5.84. The van der Waals surface area contributed by atoms with E-state index in [1.54, 1.807) is 7.11 Å². The van der Waals surface area contributed by atoms with Gasteiger partial charge in [-0.2, -0.15) is 0 Å². The van der Waals surface area contributed by atoms with Gasteiger partial charge < -0.3 is 4.74 Å². The second-order valence-electron chi connectivity index (χ2n) is 7.33. The first-order valence-electron chi connectivity index (χ1n) is 9.26. The second-order valence-corrected chi connectivity index (χ2v) is 7.33. The van der Waals surface area contributed by atoms with Crippen LogP contribution in [0.5, 0.6) is 5.75 Å². The molecule has 2 aromatic rings. The van der Waals surface area contributed by atoms with Crippen LogP contribution in [0.2, 0.25) is 0 Å². The van der Waals surface area contributed by atoms with Gasteiger partial charge in [0.05, 0.1) is 7.11 Å². The molecule has 126 valence electrons. The van der Waals surface area contributed by atoms with Crippen molar-refractivity contribution >= 4 is 10.8 Å². The summed E-state index contributed by atoms with van der Waals surface area (Å²) >= 11 is 0. The molecule has 0 aromatic heterocycles. The molecule has 3 aliphatic rings. The SMILES string of the molecule is CCC1CC2C=CC1N(CCc1ccc3cc(OC)ccc3c1)C2. The van der Waals surface area contributed by atoms with Gasteiger partial charge in [0.15, 0.2) is 0 Å². The van der Waals surface area contributed by atoms with Gasteiger partial charge in [-0.1, -0.05) is 49.8 Å². The van der Waals surface area contributed by atoms with Gasteiger partial charge in [0.25, 0.3) is 0 Å². The maximum absolute atomic E-state index is 5.32. The predicted molar refractivity (Wildman–Crippen MR) is 101 cm³/mol. The first-order chi connectivity index (χ1) is 11.8. The van der Waals surface area contributed by atoms with E-state index < -0.39 is 0 Å². The zero-order chi connectivity index (χ0) is 16.5. The molecular formula is C22H27NO. The summed E-state index contributed by atoms with van der Waals surface area (Å²) < 4.78 is 5.32.